The summed E-state index contributed by atoms with van der Waals surface area (Å²) >= 11 is 4.01. The number of thiol groups is 1. The van der Waals surface area contributed by atoms with Gasteiger partial charge < -0.3 is 5.32 Å². The van der Waals surface area contributed by atoms with E-state index in [1.165, 1.54) is 19.4 Å². The second-order valence-electron chi connectivity index (χ2n) is 2.06. The van der Waals surface area contributed by atoms with Crippen LogP contribution in [0.3, 0.4) is 0 Å². The lowest BCUT2D eigenvalue weighted by atomic mass is 10.4. The van der Waals surface area contributed by atoms with Gasteiger partial charge >= 0.3 is 0 Å². The molecule has 1 rings (SSSR count). The molecule has 0 saturated heterocycles. The van der Waals surface area contributed by atoms with Crippen molar-refractivity contribution >= 4 is 12.6 Å². The number of nitrogens with one attached hydrogen (secondary N) is 1. The van der Waals surface area contributed by atoms with Gasteiger partial charge in [0.15, 0.2) is 0 Å². The summed E-state index contributed by atoms with van der Waals surface area (Å²) in [6.45, 7) is 1.18. The number of hydrogen-bond donors (Lipinski definition) is 2. The molecule has 0 bridgehead atoms. The summed E-state index contributed by atoms with van der Waals surface area (Å²) in [7, 11) is 0. The summed E-state index contributed by atoms with van der Waals surface area (Å²) in [6.07, 6.45) is 2.86. The van der Waals surface area contributed by atoms with E-state index in [1.807, 2.05) is 0 Å². The first-order chi connectivity index (χ1) is 3.43. The highest BCUT2D eigenvalue weighted by molar-refractivity contribution is 7.80. The van der Waals surface area contributed by atoms with Gasteiger partial charge in [-0.15, -0.1) is 0 Å². The van der Waals surface area contributed by atoms with Gasteiger partial charge in [-0.05, 0) is 25.3 Å². The van der Waals surface area contributed by atoms with E-state index in [9.17, 15) is 0 Å². The molecule has 1 nitrogen and oxygen atoms in total. The Bertz CT molecular complexity index is 52.0. The van der Waals surface area contributed by atoms with Crippen molar-refractivity contribution in [2.45, 2.75) is 12.8 Å². The quantitative estimate of drug-likeness (QED) is 0.413. The van der Waals surface area contributed by atoms with Crippen LogP contribution in [0.25, 0.3) is 0 Å². The van der Waals surface area contributed by atoms with Crippen LogP contribution in [0, 0.1) is 5.92 Å². The molecule has 1 saturated carbocycles. The third-order valence-electron chi connectivity index (χ3n) is 1.24. The van der Waals surface area contributed by atoms with Crippen molar-refractivity contribution in [3.63, 3.8) is 0 Å². The van der Waals surface area contributed by atoms with E-state index in [0.29, 0.717) is 0 Å². The maximum atomic E-state index is 4.01. The third kappa shape index (κ3) is 2.19. The first kappa shape index (κ1) is 5.45. The minimum Gasteiger partial charge on any atom is -0.308 e. The van der Waals surface area contributed by atoms with Gasteiger partial charge in [-0.25, -0.2) is 0 Å². The van der Waals surface area contributed by atoms with Gasteiger partial charge in [0.2, 0.25) is 0 Å². The van der Waals surface area contributed by atoms with Gasteiger partial charge in [-0.2, -0.15) is 12.6 Å². The smallest absolute Gasteiger partial charge is 0.0387 e. The highest BCUT2D eigenvalue weighted by Gasteiger charge is 2.19. The maximum absolute atomic E-state index is 4.01. The first-order valence-electron chi connectivity index (χ1n) is 2.75. The Hall–Kier alpha value is 0.310. The largest absolute Gasteiger partial charge is 0.308 e. The topological polar surface area (TPSA) is 12.0 Å². The van der Waals surface area contributed by atoms with E-state index in [4.69, 9.17) is 0 Å². The van der Waals surface area contributed by atoms with Crippen LogP contribution in [-0.4, -0.2) is 12.4 Å². The highest BCUT2D eigenvalue weighted by Crippen LogP contribution is 2.27. The molecule has 0 aromatic heterocycles. The summed E-state index contributed by atoms with van der Waals surface area (Å²) in [6, 6.07) is 0. The molecule has 0 heterocycles. The lowest BCUT2D eigenvalue weighted by molar-refractivity contribution is 0.706. The Morgan fingerprint density at radius 2 is 2.29 bits per heavy atom. The van der Waals surface area contributed by atoms with E-state index in [-0.39, 0.29) is 0 Å². The second kappa shape index (κ2) is 2.58. The van der Waals surface area contributed by atoms with E-state index < -0.39 is 0 Å². The second-order valence-corrected chi connectivity index (χ2v) is 2.37. The Labute approximate surface area is 49.9 Å². The predicted octanol–water partition coefficient (Wildman–Crippen LogP) is 0.873. The molecule has 1 aliphatic rings. The van der Waals surface area contributed by atoms with Crippen LogP contribution in [0.5, 0.6) is 0 Å². The minimum atomic E-state index is 0.830. The average Bonchev–Trinajstić information content (AvgIpc) is 2.42. The van der Waals surface area contributed by atoms with Crippen molar-refractivity contribution in [1.82, 2.24) is 5.32 Å². The average molecular weight is 117 g/mol. The van der Waals surface area contributed by atoms with E-state index in [1.54, 1.807) is 0 Å². The predicted molar refractivity (Wildman–Crippen MR) is 34.6 cm³/mol. The van der Waals surface area contributed by atoms with Crippen LogP contribution in [0.4, 0.5) is 0 Å². The van der Waals surface area contributed by atoms with Crippen molar-refractivity contribution in [2.24, 2.45) is 5.92 Å². The van der Waals surface area contributed by atoms with Crippen molar-refractivity contribution in [2.75, 3.05) is 12.4 Å². The molecule has 7 heavy (non-hydrogen) atoms. The van der Waals surface area contributed by atoms with E-state index in [2.05, 4.69) is 17.9 Å². The molecular formula is C5H11NS. The van der Waals surface area contributed by atoms with Gasteiger partial charge in [0, 0.05) is 5.88 Å². The molecule has 0 aromatic rings. The van der Waals surface area contributed by atoms with Crippen LogP contribution in [0.2, 0.25) is 0 Å². The van der Waals surface area contributed by atoms with E-state index in [0.717, 1.165) is 11.8 Å². The molecule has 1 fully saturated rings. The van der Waals surface area contributed by atoms with Crippen LogP contribution < -0.4 is 5.32 Å². The molecule has 0 spiro atoms. The molecule has 1 aliphatic carbocycles. The Balaban J connectivity index is 1.80. The van der Waals surface area contributed by atoms with Gasteiger partial charge in [0.25, 0.3) is 0 Å². The fourth-order valence-electron chi connectivity index (χ4n) is 0.591. The monoisotopic (exact) mass is 117 g/mol. The summed E-state index contributed by atoms with van der Waals surface area (Å²) in [5.74, 6) is 1.82. The fourth-order valence-corrected chi connectivity index (χ4v) is 0.720. The Morgan fingerprint density at radius 3 is 2.71 bits per heavy atom. The third-order valence-corrected chi connectivity index (χ3v) is 1.47. The van der Waals surface area contributed by atoms with Crippen LogP contribution in [0.1, 0.15) is 12.8 Å². The molecule has 0 aliphatic heterocycles. The molecule has 0 aromatic carbocycles. The highest BCUT2D eigenvalue weighted by atomic mass is 32.1. The van der Waals surface area contributed by atoms with Gasteiger partial charge in [0.1, 0.15) is 0 Å². The van der Waals surface area contributed by atoms with Crippen LogP contribution in [-0.2, 0) is 0 Å². The molecular weight excluding hydrogens is 106 g/mol. The summed E-state index contributed by atoms with van der Waals surface area (Å²) < 4.78 is 0. The maximum Gasteiger partial charge on any atom is 0.0387 e. The normalized spacial score (nSPS) is 20.1. The van der Waals surface area contributed by atoms with Crippen molar-refractivity contribution in [3.05, 3.63) is 0 Å². The van der Waals surface area contributed by atoms with Gasteiger partial charge in [0.05, 0.1) is 0 Å². The molecule has 42 valence electrons. The van der Waals surface area contributed by atoms with Gasteiger partial charge in [-0.1, -0.05) is 0 Å². The van der Waals surface area contributed by atoms with E-state index >= 15 is 0 Å². The van der Waals surface area contributed by atoms with Crippen molar-refractivity contribution < 1.29 is 0 Å². The molecule has 1 N–H and O–H groups in total. The first-order valence-corrected chi connectivity index (χ1v) is 3.38. The summed E-state index contributed by atoms with van der Waals surface area (Å²) in [5, 5.41) is 3.17. The Morgan fingerprint density at radius 1 is 1.57 bits per heavy atom. The fraction of sp³-hybridized carbons (Fsp3) is 1.00. The van der Waals surface area contributed by atoms with Crippen LogP contribution >= 0.6 is 12.6 Å². The Kier molecular flexibility index (Phi) is 2.00. The molecule has 0 amide bonds. The SMILES string of the molecule is SCNCC1CC1. The van der Waals surface area contributed by atoms with Crippen molar-refractivity contribution in [3.8, 4) is 0 Å². The molecule has 2 heteroatoms. The zero-order valence-electron chi connectivity index (χ0n) is 4.35. The summed E-state index contributed by atoms with van der Waals surface area (Å²) in [5.41, 5.74) is 0. The lowest BCUT2D eigenvalue weighted by Crippen LogP contribution is -2.13. The van der Waals surface area contributed by atoms with Gasteiger partial charge in [-0.3, -0.25) is 0 Å². The zero-order valence-corrected chi connectivity index (χ0v) is 5.25. The minimum absolute atomic E-state index is 0.830. The lowest BCUT2D eigenvalue weighted by Gasteiger charge is -1.93. The number of hydrogen-bond acceptors (Lipinski definition) is 2. The zero-order chi connectivity index (χ0) is 5.11. The number of rotatable bonds is 3. The summed E-state index contributed by atoms with van der Waals surface area (Å²) in [4.78, 5) is 0. The molecule has 0 radical (unpaired) electrons. The molecule has 0 unspecified atom stereocenters. The van der Waals surface area contributed by atoms with Crippen LogP contribution in [0.15, 0.2) is 0 Å². The standard InChI is InChI=1S/C5H11NS/c7-4-6-3-5-1-2-5/h5-7H,1-4H2. The molecule has 0 atom stereocenters. The van der Waals surface area contributed by atoms with Crippen molar-refractivity contribution in [1.29, 1.82) is 0 Å².